The number of imidazole rings is 1. The molecule has 0 saturated heterocycles. The van der Waals surface area contributed by atoms with Crippen LogP contribution in [0.1, 0.15) is 17.2 Å². The lowest BCUT2D eigenvalue weighted by atomic mass is 10.2. The van der Waals surface area contributed by atoms with E-state index in [0.717, 1.165) is 34.3 Å². The molecule has 0 aromatic carbocycles. The maximum absolute atomic E-state index is 5.24. The van der Waals surface area contributed by atoms with Crippen molar-refractivity contribution in [2.45, 2.75) is 12.8 Å². The van der Waals surface area contributed by atoms with Crippen LogP contribution < -0.4 is 0 Å². The molecule has 0 amide bonds. The molecule has 1 heterocycles. The molecule has 0 aliphatic rings. The predicted molar refractivity (Wildman–Crippen MR) is 71.6 cm³/mol. The second-order valence-corrected chi connectivity index (χ2v) is 4.47. The number of rotatable bonds is 5. The molecule has 0 saturated carbocycles. The van der Waals surface area contributed by atoms with Gasteiger partial charge in [-0.1, -0.05) is 24.4 Å². The third-order valence-corrected chi connectivity index (χ3v) is 3.15. The van der Waals surface area contributed by atoms with Gasteiger partial charge in [-0.2, -0.15) is 0 Å². The van der Waals surface area contributed by atoms with Crippen molar-refractivity contribution in [3.8, 4) is 0 Å². The minimum absolute atomic E-state index is 0.737. The molecule has 0 bridgehead atoms. The normalized spacial score (nSPS) is 9.93. The predicted octanol–water partition coefficient (Wildman–Crippen LogP) is 2.91. The highest BCUT2D eigenvalue weighted by molar-refractivity contribution is 8.23. The molecular weight excluding hydrogens is 224 g/mol. The molecule has 0 fully saturated rings. The van der Waals surface area contributed by atoms with Gasteiger partial charge in [-0.3, -0.25) is 0 Å². The van der Waals surface area contributed by atoms with Crippen molar-refractivity contribution in [1.29, 1.82) is 0 Å². The third-order valence-electron chi connectivity index (χ3n) is 1.89. The average Bonchev–Trinajstić information content (AvgIpc) is 2.61. The molecule has 80 valence electrons. The zero-order valence-electron chi connectivity index (χ0n) is 8.75. The summed E-state index contributed by atoms with van der Waals surface area (Å²) >= 11 is 6.78. The van der Waals surface area contributed by atoms with E-state index >= 15 is 0 Å². The highest BCUT2D eigenvalue weighted by atomic mass is 32.2. The van der Waals surface area contributed by atoms with Gasteiger partial charge in [0.1, 0.15) is 11.5 Å². The third kappa shape index (κ3) is 3.04. The number of nitrogens with zero attached hydrogens (tertiary/aromatic N) is 1. The van der Waals surface area contributed by atoms with Crippen LogP contribution in [0.3, 0.4) is 0 Å². The van der Waals surface area contributed by atoms with E-state index in [1.165, 1.54) is 11.8 Å². The molecule has 15 heavy (non-hydrogen) atoms. The summed E-state index contributed by atoms with van der Waals surface area (Å²) in [6, 6.07) is 0. The molecule has 0 unspecified atom stereocenters. The largest absolute Gasteiger partial charge is 0.345 e. The second kappa shape index (κ2) is 5.88. The Morgan fingerprint density at radius 2 is 2.13 bits per heavy atom. The topological polar surface area (TPSA) is 28.7 Å². The van der Waals surface area contributed by atoms with Crippen LogP contribution in [-0.2, 0) is 12.8 Å². The van der Waals surface area contributed by atoms with E-state index in [2.05, 4.69) is 23.1 Å². The molecular formula is C11H14N2S2. The van der Waals surface area contributed by atoms with Crippen LogP contribution in [0.2, 0.25) is 0 Å². The zero-order valence-corrected chi connectivity index (χ0v) is 10.4. The molecule has 4 heteroatoms. The first-order chi connectivity index (χ1) is 7.22. The first kappa shape index (κ1) is 12.2. The summed E-state index contributed by atoms with van der Waals surface area (Å²) in [7, 11) is 0. The van der Waals surface area contributed by atoms with E-state index in [1.54, 1.807) is 0 Å². The van der Waals surface area contributed by atoms with E-state index in [-0.39, 0.29) is 0 Å². The number of aromatic amines is 1. The van der Waals surface area contributed by atoms with Crippen LogP contribution >= 0.6 is 24.0 Å². The molecule has 2 nitrogen and oxygen atoms in total. The first-order valence-electron chi connectivity index (χ1n) is 4.60. The van der Waals surface area contributed by atoms with Gasteiger partial charge in [-0.05, 0) is 6.26 Å². The SMILES string of the molecule is C=CCc1nc(C(=S)SC)c(CC=C)[nH]1. The molecule has 0 aliphatic carbocycles. The Morgan fingerprint density at radius 1 is 1.47 bits per heavy atom. The van der Waals surface area contributed by atoms with Crippen molar-refractivity contribution in [3.05, 3.63) is 42.5 Å². The lowest BCUT2D eigenvalue weighted by molar-refractivity contribution is 1.03. The van der Waals surface area contributed by atoms with Crippen molar-refractivity contribution in [2.75, 3.05) is 6.26 Å². The van der Waals surface area contributed by atoms with Crippen LogP contribution in [0.25, 0.3) is 0 Å². The van der Waals surface area contributed by atoms with Gasteiger partial charge in [0.25, 0.3) is 0 Å². The lowest BCUT2D eigenvalue weighted by Gasteiger charge is -1.97. The Kier molecular flexibility index (Phi) is 4.78. The van der Waals surface area contributed by atoms with Crippen molar-refractivity contribution < 1.29 is 0 Å². The van der Waals surface area contributed by atoms with Gasteiger partial charge >= 0.3 is 0 Å². The highest BCUT2D eigenvalue weighted by Crippen LogP contribution is 2.15. The Bertz CT molecular complexity index is 380. The van der Waals surface area contributed by atoms with Crippen LogP contribution in [0, 0.1) is 0 Å². The van der Waals surface area contributed by atoms with Crippen molar-refractivity contribution in [2.24, 2.45) is 0 Å². The van der Waals surface area contributed by atoms with E-state index in [9.17, 15) is 0 Å². The Hall–Kier alpha value is -0.870. The molecule has 0 aliphatic heterocycles. The quantitative estimate of drug-likeness (QED) is 0.631. The van der Waals surface area contributed by atoms with Crippen molar-refractivity contribution >= 4 is 28.2 Å². The summed E-state index contributed by atoms with van der Waals surface area (Å²) in [5.41, 5.74) is 1.93. The second-order valence-electron chi connectivity index (χ2n) is 2.99. The van der Waals surface area contributed by atoms with Gasteiger partial charge in [0.2, 0.25) is 0 Å². The number of H-pyrrole nitrogens is 1. The Morgan fingerprint density at radius 3 is 2.67 bits per heavy atom. The monoisotopic (exact) mass is 238 g/mol. The van der Waals surface area contributed by atoms with E-state index in [1.807, 2.05) is 18.4 Å². The maximum atomic E-state index is 5.24. The summed E-state index contributed by atoms with van der Waals surface area (Å²) in [4.78, 5) is 7.70. The molecule has 1 rings (SSSR count). The summed E-state index contributed by atoms with van der Waals surface area (Å²) < 4.78 is 0.818. The fraction of sp³-hybridized carbons (Fsp3) is 0.273. The summed E-state index contributed by atoms with van der Waals surface area (Å²) in [5.74, 6) is 0.910. The van der Waals surface area contributed by atoms with E-state index in [0.29, 0.717) is 0 Å². The number of hydrogen-bond acceptors (Lipinski definition) is 3. The Labute approximate surface area is 99.9 Å². The standard InChI is InChI=1S/C11H14N2S2/c1-4-6-8-10(11(14)15-3)13-9(12-8)7-5-2/h4-5H,1-2,6-7H2,3H3,(H,12,13). The maximum Gasteiger partial charge on any atom is 0.110 e. The summed E-state index contributed by atoms with van der Waals surface area (Å²) in [6.07, 6.45) is 7.13. The number of hydrogen-bond donors (Lipinski definition) is 1. The highest BCUT2D eigenvalue weighted by Gasteiger charge is 2.11. The molecule has 1 N–H and O–H groups in total. The lowest BCUT2D eigenvalue weighted by Crippen LogP contribution is -1.96. The number of aromatic nitrogens is 2. The van der Waals surface area contributed by atoms with E-state index in [4.69, 9.17) is 12.2 Å². The fourth-order valence-electron chi connectivity index (χ4n) is 1.25. The average molecular weight is 238 g/mol. The number of thiocarbonyl (C=S) groups is 1. The number of nitrogens with one attached hydrogen (secondary N) is 1. The van der Waals surface area contributed by atoms with Gasteiger partial charge in [0, 0.05) is 18.5 Å². The van der Waals surface area contributed by atoms with Crippen LogP contribution in [0.15, 0.2) is 25.3 Å². The zero-order chi connectivity index (χ0) is 11.3. The first-order valence-corrected chi connectivity index (χ1v) is 6.24. The van der Waals surface area contributed by atoms with Crippen molar-refractivity contribution in [1.82, 2.24) is 9.97 Å². The van der Waals surface area contributed by atoms with Crippen molar-refractivity contribution in [3.63, 3.8) is 0 Å². The number of allylic oxidation sites excluding steroid dienone is 2. The smallest absolute Gasteiger partial charge is 0.110 e. The molecule has 0 spiro atoms. The van der Waals surface area contributed by atoms with E-state index < -0.39 is 0 Å². The fourth-order valence-corrected chi connectivity index (χ4v) is 1.79. The molecule has 0 radical (unpaired) electrons. The van der Waals surface area contributed by atoms with Gasteiger partial charge in [-0.15, -0.1) is 24.9 Å². The van der Waals surface area contributed by atoms with Crippen LogP contribution in [0.5, 0.6) is 0 Å². The van der Waals surface area contributed by atoms with Crippen LogP contribution in [0.4, 0.5) is 0 Å². The van der Waals surface area contributed by atoms with Crippen LogP contribution in [-0.4, -0.2) is 20.4 Å². The summed E-state index contributed by atoms with van der Waals surface area (Å²) in [5, 5.41) is 0. The minimum Gasteiger partial charge on any atom is -0.345 e. The van der Waals surface area contributed by atoms with Gasteiger partial charge < -0.3 is 4.98 Å². The van der Waals surface area contributed by atoms with Gasteiger partial charge in [0.05, 0.1) is 4.20 Å². The van der Waals surface area contributed by atoms with Gasteiger partial charge in [0.15, 0.2) is 0 Å². The summed E-state index contributed by atoms with van der Waals surface area (Å²) in [6.45, 7) is 7.41. The minimum atomic E-state index is 0.737. The molecule has 1 aromatic heterocycles. The number of thioether (sulfide) groups is 1. The molecule has 0 atom stereocenters. The van der Waals surface area contributed by atoms with Gasteiger partial charge in [-0.25, -0.2) is 4.98 Å². The Balaban J connectivity index is 3.04. The molecule has 1 aromatic rings.